The largest absolute Gasteiger partial charge is 2.00 e. The fourth-order valence-corrected chi connectivity index (χ4v) is 8.27. The summed E-state index contributed by atoms with van der Waals surface area (Å²) in [6.07, 6.45) is 4.72. The summed E-state index contributed by atoms with van der Waals surface area (Å²) >= 11 is 13.2. The molecule has 0 saturated carbocycles. The van der Waals surface area contributed by atoms with E-state index in [1.165, 1.54) is 40.6 Å². The second kappa shape index (κ2) is 21.4. The topological polar surface area (TPSA) is 12.0 Å². The van der Waals surface area contributed by atoms with Crippen molar-refractivity contribution in [1.29, 1.82) is 0 Å². The van der Waals surface area contributed by atoms with Gasteiger partial charge in [0.2, 0.25) is 0 Å². The van der Waals surface area contributed by atoms with E-state index in [2.05, 4.69) is 86.8 Å². The van der Waals surface area contributed by atoms with Gasteiger partial charge < -0.3 is 5.32 Å². The molecule has 0 saturated heterocycles. The Morgan fingerprint density at radius 3 is 1.74 bits per heavy atom. The van der Waals surface area contributed by atoms with Crippen LogP contribution in [0.1, 0.15) is 20.8 Å². The van der Waals surface area contributed by atoms with Crippen LogP contribution in [0.4, 0.5) is 0 Å². The first-order valence-electron chi connectivity index (χ1n) is 10.8. The zero-order valence-electron chi connectivity index (χ0n) is 18.9. The summed E-state index contributed by atoms with van der Waals surface area (Å²) in [5.74, 6) is 2.42. The van der Waals surface area contributed by atoms with Gasteiger partial charge in [0.05, 0.1) is 0 Å². The van der Waals surface area contributed by atoms with Crippen LogP contribution in [-0.2, 0) is 19.5 Å². The molecule has 174 valence electrons. The van der Waals surface area contributed by atoms with Gasteiger partial charge in [0, 0.05) is 12.3 Å². The number of hydrogen-bond donors (Lipinski definition) is 1. The van der Waals surface area contributed by atoms with Gasteiger partial charge in [-0.3, -0.25) is 0 Å². The molecule has 7 heteroatoms. The summed E-state index contributed by atoms with van der Waals surface area (Å²) in [5.41, 5.74) is 0. The molecule has 0 heterocycles. The number of benzene rings is 2. The summed E-state index contributed by atoms with van der Waals surface area (Å²) in [7, 11) is -0.104. The van der Waals surface area contributed by atoms with E-state index in [9.17, 15) is 0 Å². The molecule has 2 rings (SSSR count). The quantitative estimate of drug-likeness (QED) is 0.117. The van der Waals surface area contributed by atoms with Gasteiger partial charge in [0.25, 0.3) is 0 Å². The third-order valence-corrected chi connectivity index (χ3v) is 11.4. The Morgan fingerprint density at radius 2 is 1.35 bits per heavy atom. The number of alkyl halides is 2. The average Bonchev–Trinajstić information content (AvgIpc) is 2.78. The van der Waals surface area contributed by atoms with Gasteiger partial charge in [0.1, 0.15) is 4.84 Å². The van der Waals surface area contributed by atoms with Crippen molar-refractivity contribution in [3.63, 3.8) is 0 Å². The van der Waals surface area contributed by atoms with Crippen LogP contribution in [-0.4, -0.2) is 54.1 Å². The first-order valence-corrected chi connectivity index (χ1v) is 16.2. The van der Waals surface area contributed by atoms with E-state index < -0.39 is 0 Å². The standard InChI is InChI=1S/C18H24NPS.C6H13Cl2P.Ru/c1-2-21-16-14-19-13-15-20(17-9-5-3-6-10-17)18-11-7-4-8-12-18;1-3-9(4-2)5-6(7)8;/h3-12,19H,2,13-16H2,1H3;6H,3-5H2,1-2H3;/q;;+2. The fraction of sp³-hybridized carbons (Fsp3) is 0.500. The van der Waals surface area contributed by atoms with Crippen LogP contribution in [0, 0.1) is 0 Å². The predicted octanol–water partition coefficient (Wildman–Crippen LogP) is 6.77. The maximum Gasteiger partial charge on any atom is 2.00 e. The van der Waals surface area contributed by atoms with Crippen molar-refractivity contribution in [1.82, 2.24) is 5.32 Å². The second-order valence-corrected chi connectivity index (χ2v) is 14.6. The molecule has 0 aliphatic heterocycles. The van der Waals surface area contributed by atoms with Crippen molar-refractivity contribution in [3.8, 4) is 0 Å². The van der Waals surface area contributed by atoms with E-state index in [0.29, 0.717) is 0 Å². The predicted molar refractivity (Wildman–Crippen MR) is 148 cm³/mol. The molecular weight excluding hydrogens is 568 g/mol. The molecule has 0 aliphatic rings. The van der Waals surface area contributed by atoms with Crippen LogP contribution in [0.3, 0.4) is 0 Å². The maximum absolute atomic E-state index is 5.61. The van der Waals surface area contributed by atoms with Crippen molar-refractivity contribution in [2.24, 2.45) is 0 Å². The first-order chi connectivity index (χ1) is 14.6. The average molecular weight is 606 g/mol. The molecule has 0 atom stereocenters. The third-order valence-electron chi connectivity index (χ3n) is 4.57. The molecule has 0 amide bonds. The molecule has 1 N–H and O–H groups in total. The molecule has 0 unspecified atom stereocenters. The van der Waals surface area contributed by atoms with Crippen LogP contribution in [0.2, 0.25) is 0 Å². The molecular formula is C24H37Cl2NP2RuS+2. The second-order valence-electron chi connectivity index (χ2n) is 6.65. The minimum Gasteiger partial charge on any atom is -0.316 e. The Hall–Kier alpha value is 0.813. The van der Waals surface area contributed by atoms with Crippen molar-refractivity contribution >= 4 is 61.4 Å². The van der Waals surface area contributed by atoms with Crippen molar-refractivity contribution in [2.75, 3.05) is 49.2 Å². The SMILES string of the molecule is CCP(CC)CC(Cl)Cl.CCSCCNCCP(c1ccccc1)c1ccccc1.[Ru+2]. The smallest absolute Gasteiger partial charge is 0.316 e. The van der Waals surface area contributed by atoms with E-state index >= 15 is 0 Å². The zero-order chi connectivity index (χ0) is 22.0. The van der Waals surface area contributed by atoms with Crippen molar-refractivity contribution < 1.29 is 19.5 Å². The normalized spacial score (nSPS) is 10.7. The Bertz CT molecular complexity index is 594. The molecule has 0 fully saturated rings. The summed E-state index contributed by atoms with van der Waals surface area (Å²) in [5, 5.41) is 6.54. The van der Waals surface area contributed by atoms with Crippen LogP contribution >= 0.6 is 50.8 Å². The van der Waals surface area contributed by atoms with E-state index in [-0.39, 0.29) is 40.2 Å². The molecule has 31 heavy (non-hydrogen) atoms. The van der Waals surface area contributed by atoms with Gasteiger partial charge in [-0.25, -0.2) is 0 Å². The van der Waals surface area contributed by atoms with E-state index in [0.717, 1.165) is 19.3 Å². The Labute approximate surface area is 220 Å². The van der Waals surface area contributed by atoms with Crippen LogP contribution in [0.15, 0.2) is 60.7 Å². The summed E-state index contributed by atoms with van der Waals surface area (Å²) in [6.45, 7) is 8.83. The van der Waals surface area contributed by atoms with Gasteiger partial charge in [-0.15, -0.1) is 31.1 Å². The van der Waals surface area contributed by atoms with Crippen LogP contribution in [0.5, 0.6) is 0 Å². The van der Waals surface area contributed by atoms with Gasteiger partial charge in [-0.05, 0) is 55.5 Å². The summed E-state index contributed by atoms with van der Waals surface area (Å²) in [6, 6.07) is 21.9. The van der Waals surface area contributed by atoms with Gasteiger partial charge >= 0.3 is 19.5 Å². The third kappa shape index (κ3) is 15.4. The number of nitrogens with one attached hydrogen (secondary N) is 1. The van der Waals surface area contributed by atoms with E-state index in [4.69, 9.17) is 23.2 Å². The molecule has 1 nitrogen and oxygen atoms in total. The zero-order valence-corrected chi connectivity index (χ0v) is 24.8. The molecule has 2 aromatic rings. The summed E-state index contributed by atoms with van der Waals surface area (Å²) < 4.78 is 0. The Morgan fingerprint density at radius 1 is 0.839 bits per heavy atom. The molecule has 0 aliphatic carbocycles. The van der Waals surface area contributed by atoms with Crippen molar-refractivity contribution in [2.45, 2.75) is 25.6 Å². The minimum absolute atomic E-state index is 0. The Kier molecular flexibility index (Phi) is 21.9. The number of halogens is 2. The van der Waals surface area contributed by atoms with E-state index in [1.54, 1.807) is 0 Å². The minimum atomic E-state index is -0.245. The van der Waals surface area contributed by atoms with Gasteiger partial charge in [0.15, 0.2) is 0 Å². The molecule has 0 aromatic heterocycles. The first kappa shape index (κ1) is 31.8. The monoisotopic (exact) mass is 605 g/mol. The van der Waals surface area contributed by atoms with Crippen LogP contribution < -0.4 is 15.9 Å². The number of hydrogen-bond acceptors (Lipinski definition) is 2. The Balaban J connectivity index is 0.000000769. The number of rotatable bonds is 13. The molecule has 0 spiro atoms. The van der Waals surface area contributed by atoms with Crippen LogP contribution in [0.25, 0.3) is 0 Å². The number of thioether (sulfide) groups is 1. The van der Waals surface area contributed by atoms with Gasteiger partial charge in [-0.1, -0.05) is 81.4 Å². The molecule has 0 bridgehead atoms. The van der Waals surface area contributed by atoms with Gasteiger partial charge in [-0.2, -0.15) is 11.8 Å². The molecule has 2 aromatic carbocycles. The fourth-order valence-electron chi connectivity index (χ4n) is 2.90. The summed E-state index contributed by atoms with van der Waals surface area (Å²) in [4.78, 5) is -0.143. The van der Waals surface area contributed by atoms with Crippen molar-refractivity contribution in [3.05, 3.63) is 60.7 Å². The van der Waals surface area contributed by atoms with E-state index in [1.807, 2.05) is 11.8 Å². The maximum atomic E-state index is 5.61. The molecule has 0 radical (unpaired) electrons.